The monoisotopic (exact) mass is 508 g/mol. The Morgan fingerprint density at radius 3 is 0.526 bits per heavy atom. The molecule has 204 valence electrons. The summed E-state index contributed by atoms with van der Waals surface area (Å²) < 4.78 is 0. The van der Waals surface area contributed by atoms with Gasteiger partial charge in [0.15, 0.2) is 0 Å². The van der Waals surface area contributed by atoms with Crippen LogP contribution in [0.25, 0.3) is 11.1 Å². The molecule has 4 aromatic rings. The highest BCUT2D eigenvalue weighted by atomic mass is 14.2. The Kier molecular flexibility index (Phi) is 17.9. The first kappa shape index (κ1) is 34.6. The largest absolute Gasteiger partial charge is 0.0683 e. The van der Waals surface area contributed by atoms with Crippen LogP contribution >= 0.6 is 0 Å². The molecular weight excluding hydrogens is 456 g/mol. The van der Waals surface area contributed by atoms with Crippen molar-refractivity contribution in [2.75, 3.05) is 0 Å². The van der Waals surface area contributed by atoms with Gasteiger partial charge in [-0.2, -0.15) is 0 Å². The first-order valence-electron chi connectivity index (χ1n) is 14.5. The highest BCUT2D eigenvalue weighted by molar-refractivity contribution is 6.04. The van der Waals surface area contributed by atoms with E-state index >= 15 is 0 Å². The quantitative estimate of drug-likeness (QED) is 0.240. The molecule has 0 radical (unpaired) electrons. The van der Waals surface area contributed by atoms with Gasteiger partial charge in [-0.3, -0.25) is 0 Å². The fourth-order valence-corrected chi connectivity index (χ4v) is 3.79. The van der Waals surface area contributed by atoms with E-state index in [9.17, 15) is 0 Å². The van der Waals surface area contributed by atoms with Crippen molar-refractivity contribution >= 4 is 11.1 Å². The Balaban J connectivity index is 0.00000157. The lowest BCUT2D eigenvalue weighted by Gasteiger charge is -2.19. The van der Waals surface area contributed by atoms with Crippen LogP contribution in [0.5, 0.6) is 0 Å². The smallest absolute Gasteiger partial charge is 0.00268 e. The minimum Gasteiger partial charge on any atom is -0.0683 e. The predicted octanol–water partition coefficient (Wildman–Crippen LogP) is 12.0. The third-order valence-electron chi connectivity index (χ3n) is 5.61. The fraction of sp³-hybridized carbons (Fsp3) is 0.316. The van der Waals surface area contributed by atoms with Gasteiger partial charge in [-0.25, -0.2) is 0 Å². The molecule has 0 atom stereocenters. The second-order valence-electron chi connectivity index (χ2n) is 8.21. The molecule has 0 fully saturated rings. The van der Waals surface area contributed by atoms with Gasteiger partial charge in [0.25, 0.3) is 0 Å². The standard InChI is InChI=1S/C30H28.4C2H6/c1-21-5-13-25(14-6-21)29(26-15-7-22(2)8-16-26)30(27-17-9-23(3)10-18-27)28-19-11-24(4)12-20-28;4*1-2/h5-20H,1-4H3;4*1-2H3. The summed E-state index contributed by atoms with van der Waals surface area (Å²) in [6.45, 7) is 24.6. The lowest BCUT2D eigenvalue weighted by molar-refractivity contribution is 1.40. The molecule has 0 aliphatic carbocycles. The van der Waals surface area contributed by atoms with Crippen molar-refractivity contribution in [3.63, 3.8) is 0 Å². The topological polar surface area (TPSA) is 0 Å². The Bertz CT molecular complexity index is 963. The van der Waals surface area contributed by atoms with E-state index in [4.69, 9.17) is 0 Å². The Morgan fingerprint density at radius 1 is 0.263 bits per heavy atom. The van der Waals surface area contributed by atoms with Crippen molar-refractivity contribution in [3.8, 4) is 0 Å². The van der Waals surface area contributed by atoms with E-state index in [2.05, 4.69) is 125 Å². The molecule has 0 amide bonds. The molecule has 38 heavy (non-hydrogen) atoms. The lowest BCUT2D eigenvalue weighted by Crippen LogP contribution is -1.98. The van der Waals surface area contributed by atoms with Gasteiger partial charge in [0, 0.05) is 0 Å². The molecule has 0 saturated carbocycles. The summed E-state index contributed by atoms with van der Waals surface area (Å²) in [5.41, 5.74) is 12.6. The third-order valence-corrected chi connectivity index (χ3v) is 5.61. The highest BCUT2D eigenvalue weighted by Crippen LogP contribution is 2.37. The molecule has 0 heterocycles. The summed E-state index contributed by atoms with van der Waals surface area (Å²) in [7, 11) is 0. The first-order valence-corrected chi connectivity index (χ1v) is 14.5. The zero-order chi connectivity index (χ0) is 29.1. The van der Waals surface area contributed by atoms with Gasteiger partial charge in [0.1, 0.15) is 0 Å². The van der Waals surface area contributed by atoms with Crippen LogP contribution in [-0.4, -0.2) is 0 Å². The highest BCUT2D eigenvalue weighted by Gasteiger charge is 2.16. The molecule has 0 aliphatic rings. The maximum Gasteiger partial charge on any atom is -0.00268 e. The van der Waals surface area contributed by atoms with Gasteiger partial charge in [0.2, 0.25) is 0 Å². The van der Waals surface area contributed by atoms with Crippen LogP contribution in [0.3, 0.4) is 0 Å². The van der Waals surface area contributed by atoms with Gasteiger partial charge in [-0.1, -0.05) is 175 Å². The minimum atomic E-state index is 1.24. The summed E-state index contributed by atoms with van der Waals surface area (Å²) in [5.74, 6) is 0. The second-order valence-corrected chi connectivity index (χ2v) is 8.21. The van der Waals surface area contributed by atoms with E-state index in [-0.39, 0.29) is 0 Å². The van der Waals surface area contributed by atoms with E-state index in [1.807, 2.05) is 55.4 Å². The second kappa shape index (κ2) is 19.7. The Labute approximate surface area is 235 Å². The van der Waals surface area contributed by atoms with Crippen LogP contribution in [0.15, 0.2) is 97.1 Å². The van der Waals surface area contributed by atoms with E-state index < -0.39 is 0 Å². The summed E-state index contributed by atoms with van der Waals surface area (Å²) in [5, 5.41) is 0. The molecule has 0 heteroatoms. The van der Waals surface area contributed by atoms with E-state index in [1.165, 1.54) is 55.7 Å². The summed E-state index contributed by atoms with van der Waals surface area (Å²) in [6.07, 6.45) is 0. The zero-order valence-corrected chi connectivity index (χ0v) is 26.2. The van der Waals surface area contributed by atoms with Crippen molar-refractivity contribution in [2.45, 2.75) is 83.1 Å². The van der Waals surface area contributed by atoms with Crippen LogP contribution in [0.2, 0.25) is 0 Å². The number of benzene rings is 4. The molecule has 0 aliphatic heterocycles. The van der Waals surface area contributed by atoms with Gasteiger partial charge >= 0.3 is 0 Å². The molecule has 0 bridgehead atoms. The minimum absolute atomic E-state index is 1.24. The molecule has 0 nitrogen and oxygen atoms in total. The number of aryl methyl sites for hydroxylation is 4. The van der Waals surface area contributed by atoms with Gasteiger partial charge in [-0.15, -0.1) is 0 Å². The molecular formula is C38H52. The van der Waals surface area contributed by atoms with Crippen LogP contribution < -0.4 is 0 Å². The van der Waals surface area contributed by atoms with Crippen molar-refractivity contribution in [3.05, 3.63) is 142 Å². The molecule has 0 spiro atoms. The van der Waals surface area contributed by atoms with Crippen molar-refractivity contribution < 1.29 is 0 Å². The van der Waals surface area contributed by atoms with Gasteiger partial charge in [0.05, 0.1) is 0 Å². The summed E-state index contributed by atoms with van der Waals surface area (Å²) >= 11 is 0. The average Bonchev–Trinajstić information content (AvgIpc) is 2.99. The molecule has 4 rings (SSSR count). The van der Waals surface area contributed by atoms with Gasteiger partial charge in [-0.05, 0) is 61.1 Å². The van der Waals surface area contributed by atoms with Crippen molar-refractivity contribution in [1.29, 1.82) is 0 Å². The Morgan fingerprint density at radius 2 is 0.395 bits per heavy atom. The molecule has 4 aromatic carbocycles. The average molecular weight is 509 g/mol. The lowest BCUT2D eigenvalue weighted by atomic mass is 9.85. The van der Waals surface area contributed by atoms with Gasteiger partial charge < -0.3 is 0 Å². The van der Waals surface area contributed by atoms with E-state index in [0.29, 0.717) is 0 Å². The van der Waals surface area contributed by atoms with Crippen LogP contribution in [0.1, 0.15) is 99.9 Å². The maximum atomic E-state index is 2.24. The summed E-state index contributed by atoms with van der Waals surface area (Å²) in [4.78, 5) is 0. The zero-order valence-electron chi connectivity index (χ0n) is 26.2. The maximum absolute atomic E-state index is 2.24. The van der Waals surface area contributed by atoms with Crippen LogP contribution in [0, 0.1) is 27.7 Å². The molecule has 0 N–H and O–H groups in total. The number of hydrogen-bond donors (Lipinski definition) is 0. The molecule has 0 aromatic heterocycles. The van der Waals surface area contributed by atoms with E-state index in [0.717, 1.165) is 0 Å². The van der Waals surface area contributed by atoms with E-state index in [1.54, 1.807) is 0 Å². The molecule has 0 saturated heterocycles. The first-order chi connectivity index (χ1) is 18.5. The summed E-state index contributed by atoms with van der Waals surface area (Å²) in [6, 6.07) is 35.5. The van der Waals surface area contributed by atoms with Crippen LogP contribution in [0.4, 0.5) is 0 Å². The Hall–Kier alpha value is -3.38. The number of rotatable bonds is 4. The van der Waals surface area contributed by atoms with Crippen molar-refractivity contribution in [1.82, 2.24) is 0 Å². The fourth-order valence-electron chi connectivity index (χ4n) is 3.79. The molecule has 0 unspecified atom stereocenters. The SMILES string of the molecule is CC.CC.CC.CC.Cc1ccc(C(=C(c2ccc(C)cc2)c2ccc(C)cc2)c2ccc(C)cc2)cc1. The van der Waals surface area contributed by atoms with Crippen LogP contribution in [-0.2, 0) is 0 Å². The van der Waals surface area contributed by atoms with Crippen molar-refractivity contribution in [2.24, 2.45) is 0 Å². The third kappa shape index (κ3) is 10.2. The normalized spacial score (nSPS) is 9.05. The predicted molar refractivity (Wildman–Crippen MR) is 175 cm³/mol. The number of hydrogen-bond acceptors (Lipinski definition) is 0.